The molecular weight excluding hydrogens is 298 g/mol. The van der Waals surface area contributed by atoms with Crippen molar-refractivity contribution in [1.29, 1.82) is 0 Å². The molecule has 3 N–H and O–H groups in total. The number of sulfonamides is 1. The monoisotopic (exact) mass is 317 g/mol. The van der Waals surface area contributed by atoms with Gasteiger partial charge in [-0.2, -0.15) is 0 Å². The van der Waals surface area contributed by atoms with E-state index in [0.29, 0.717) is 5.02 Å². The molecule has 1 aliphatic rings. The van der Waals surface area contributed by atoms with Gasteiger partial charge in [-0.1, -0.05) is 18.5 Å². The average molecular weight is 318 g/mol. The lowest BCUT2D eigenvalue weighted by Crippen LogP contribution is -2.44. The van der Waals surface area contributed by atoms with Gasteiger partial charge in [0, 0.05) is 11.1 Å². The van der Waals surface area contributed by atoms with Crippen LogP contribution in [0.1, 0.15) is 19.8 Å². The summed E-state index contributed by atoms with van der Waals surface area (Å²) in [7, 11) is -3.62. The van der Waals surface area contributed by atoms with Gasteiger partial charge in [-0.05, 0) is 50.7 Å². The van der Waals surface area contributed by atoms with Crippen LogP contribution in [0.15, 0.2) is 23.1 Å². The van der Waals surface area contributed by atoms with Crippen LogP contribution < -0.4 is 10.5 Å². The van der Waals surface area contributed by atoms with Crippen molar-refractivity contribution in [3.63, 3.8) is 0 Å². The Kier molecular flexibility index (Phi) is 4.90. The highest BCUT2D eigenvalue weighted by Gasteiger charge is 2.25. The van der Waals surface area contributed by atoms with Gasteiger partial charge in [0.1, 0.15) is 4.90 Å². The van der Waals surface area contributed by atoms with Gasteiger partial charge < -0.3 is 10.6 Å². The minimum absolute atomic E-state index is 0.0406. The number of nitrogens with two attached hydrogens (primary N) is 1. The third-order valence-corrected chi connectivity index (χ3v) is 5.43. The molecule has 1 aromatic carbocycles. The zero-order valence-corrected chi connectivity index (χ0v) is 13.0. The van der Waals surface area contributed by atoms with E-state index in [0.717, 1.165) is 32.5 Å². The Morgan fingerprint density at radius 2 is 2.05 bits per heavy atom. The maximum absolute atomic E-state index is 12.4. The van der Waals surface area contributed by atoms with Crippen molar-refractivity contribution in [2.75, 3.05) is 25.4 Å². The maximum atomic E-state index is 12.4. The summed E-state index contributed by atoms with van der Waals surface area (Å²) in [5.41, 5.74) is 5.95. The van der Waals surface area contributed by atoms with Crippen LogP contribution >= 0.6 is 11.6 Å². The van der Waals surface area contributed by atoms with Crippen LogP contribution in [0.4, 0.5) is 5.69 Å². The predicted octanol–water partition coefficient (Wildman–Crippen LogP) is 1.68. The number of nitrogens with one attached hydrogen (secondary N) is 1. The molecule has 7 heteroatoms. The fraction of sp³-hybridized carbons (Fsp3) is 0.538. The van der Waals surface area contributed by atoms with Crippen LogP contribution in [0.5, 0.6) is 0 Å². The molecular formula is C13H20ClN3O2S. The van der Waals surface area contributed by atoms with Crippen molar-refractivity contribution in [3.05, 3.63) is 23.2 Å². The molecule has 0 bridgehead atoms. The number of hydrogen-bond acceptors (Lipinski definition) is 4. The number of halogens is 1. The molecule has 0 amide bonds. The first kappa shape index (κ1) is 15.6. The van der Waals surface area contributed by atoms with E-state index in [2.05, 4.69) is 16.5 Å². The second-order valence-corrected chi connectivity index (χ2v) is 7.13. The summed E-state index contributed by atoms with van der Waals surface area (Å²) < 4.78 is 27.5. The molecule has 2 rings (SSSR count). The lowest BCUT2D eigenvalue weighted by Gasteiger charge is -2.31. The molecule has 1 aliphatic heterocycles. The van der Waals surface area contributed by atoms with Gasteiger partial charge in [-0.25, -0.2) is 13.1 Å². The zero-order chi connectivity index (χ0) is 14.8. The summed E-state index contributed by atoms with van der Waals surface area (Å²) in [6, 6.07) is 4.44. The summed E-state index contributed by atoms with van der Waals surface area (Å²) in [5.74, 6) is 0. The Morgan fingerprint density at radius 3 is 2.65 bits per heavy atom. The number of nitrogens with zero attached hydrogens (tertiary/aromatic N) is 1. The first-order valence-corrected chi connectivity index (χ1v) is 8.58. The van der Waals surface area contributed by atoms with Crippen LogP contribution in [-0.4, -0.2) is 39.0 Å². The Labute approximate surface area is 125 Å². The SMILES string of the molecule is CCN1CCC(NS(=O)(=O)c2cc(Cl)ccc2N)CC1. The van der Waals surface area contributed by atoms with Crippen LogP contribution in [0.3, 0.4) is 0 Å². The van der Waals surface area contributed by atoms with E-state index in [-0.39, 0.29) is 16.6 Å². The highest BCUT2D eigenvalue weighted by molar-refractivity contribution is 7.89. The first-order valence-electron chi connectivity index (χ1n) is 6.72. The minimum Gasteiger partial charge on any atom is -0.398 e. The highest BCUT2D eigenvalue weighted by atomic mass is 35.5. The summed E-state index contributed by atoms with van der Waals surface area (Å²) in [4.78, 5) is 2.36. The predicted molar refractivity (Wildman–Crippen MR) is 81.3 cm³/mol. The van der Waals surface area contributed by atoms with Crippen molar-refractivity contribution in [2.24, 2.45) is 0 Å². The van der Waals surface area contributed by atoms with Gasteiger partial charge in [0.05, 0.1) is 5.69 Å². The largest absolute Gasteiger partial charge is 0.398 e. The van der Waals surface area contributed by atoms with Crippen molar-refractivity contribution < 1.29 is 8.42 Å². The number of benzene rings is 1. The fourth-order valence-electron chi connectivity index (χ4n) is 2.39. The zero-order valence-electron chi connectivity index (χ0n) is 11.5. The van der Waals surface area contributed by atoms with Gasteiger partial charge in [-0.15, -0.1) is 0 Å². The standard InChI is InChI=1S/C13H20ClN3O2S/c1-2-17-7-5-11(6-8-17)16-20(18,19)13-9-10(14)3-4-12(13)15/h3-4,9,11,16H,2,5-8,15H2,1H3. The number of likely N-dealkylation sites (tertiary alicyclic amines) is 1. The van der Waals surface area contributed by atoms with E-state index in [4.69, 9.17) is 17.3 Å². The Bertz CT molecular complexity index is 569. The van der Waals surface area contributed by atoms with Crippen molar-refractivity contribution in [2.45, 2.75) is 30.7 Å². The third kappa shape index (κ3) is 3.63. The topological polar surface area (TPSA) is 75.4 Å². The molecule has 1 aromatic rings. The number of anilines is 1. The van der Waals surface area contributed by atoms with Crippen molar-refractivity contribution in [1.82, 2.24) is 9.62 Å². The summed E-state index contributed by atoms with van der Waals surface area (Å²) in [6.45, 7) is 4.93. The van der Waals surface area contributed by atoms with E-state index < -0.39 is 10.0 Å². The molecule has 0 spiro atoms. The van der Waals surface area contributed by atoms with E-state index >= 15 is 0 Å². The summed E-state index contributed by atoms with van der Waals surface area (Å²) >= 11 is 5.85. The number of hydrogen-bond donors (Lipinski definition) is 2. The molecule has 0 unspecified atom stereocenters. The number of nitrogen functional groups attached to an aromatic ring is 1. The molecule has 0 aromatic heterocycles. The van der Waals surface area contributed by atoms with E-state index in [1.807, 2.05) is 0 Å². The van der Waals surface area contributed by atoms with Crippen LogP contribution in [0, 0.1) is 0 Å². The Hall–Kier alpha value is -0.820. The molecule has 20 heavy (non-hydrogen) atoms. The van der Waals surface area contributed by atoms with Gasteiger partial charge in [-0.3, -0.25) is 0 Å². The molecule has 1 fully saturated rings. The van der Waals surface area contributed by atoms with Crippen molar-refractivity contribution >= 4 is 27.3 Å². The third-order valence-electron chi connectivity index (χ3n) is 3.62. The number of piperidine rings is 1. The maximum Gasteiger partial charge on any atom is 0.242 e. The molecule has 0 saturated carbocycles. The quantitative estimate of drug-likeness (QED) is 0.829. The molecule has 0 atom stereocenters. The van der Waals surface area contributed by atoms with Crippen molar-refractivity contribution in [3.8, 4) is 0 Å². The number of rotatable bonds is 4. The summed E-state index contributed by atoms with van der Waals surface area (Å²) in [5, 5.41) is 0.361. The molecule has 1 saturated heterocycles. The normalized spacial score (nSPS) is 18.3. The molecule has 0 radical (unpaired) electrons. The lowest BCUT2D eigenvalue weighted by molar-refractivity contribution is 0.217. The Morgan fingerprint density at radius 1 is 1.40 bits per heavy atom. The average Bonchev–Trinajstić information content (AvgIpc) is 2.42. The molecule has 1 heterocycles. The highest BCUT2D eigenvalue weighted by Crippen LogP contribution is 2.23. The second kappa shape index (κ2) is 6.30. The molecule has 0 aliphatic carbocycles. The second-order valence-electron chi connectivity index (χ2n) is 5.01. The fourth-order valence-corrected chi connectivity index (χ4v) is 4.09. The van der Waals surface area contributed by atoms with Gasteiger partial charge in [0.25, 0.3) is 0 Å². The van der Waals surface area contributed by atoms with Crippen LogP contribution in [0.2, 0.25) is 5.02 Å². The minimum atomic E-state index is -3.62. The van der Waals surface area contributed by atoms with Gasteiger partial charge in [0.2, 0.25) is 10.0 Å². The van der Waals surface area contributed by atoms with E-state index in [1.165, 1.54) is 12.1 Å². The molecule has 112 valence electrons. The van der Waals surface area contributed by atoms with Crippen LogP contribution in [0.25, 0.3) is 0 Å². The molecule has 5 nitrogen and oxygen atoms in total. The summed E-state index contributed by atoms with van der Waals surface area (Å²) in [6.07, 6.45) is 1.63. The smallest absolute Gasteiger partial charge is 0.242 e. The first-order chi connectivity index (χ1) is 9.42. The van der Waals surface area contributed by atoms with Gasteiger partial charge >= 0.3 is 0 Å². The Balaban J connectivity index is 2.10. The van der Waals surface area contributed by atoms with E-state index in [9.17, 15) is 8.42 Å². The van der Waals surface area contributed by atoms with Gasteiger partial charge in [0.15, 0.2) is 0 Å². The van der Waals surface area contributed by atoms with Crippen LogP contribution in [-0.2, 0) is 10.0 Å². The van der Waals surface area contributed by atoms with E-state index in [1.54, 1.807) is 6.07 Å². The lowest BCUT2D eigenvalue weighted by atomic mass is 10.1.